The quantitative estimate of drug-likeness (QED) is 0.777. The molecular weight excluding hydrogens is 202 g/mol. The molecule has 0 aliphatic rings. The van der Waals surface area contributed by atoms with Crippen molar-refractivity contribution in [2.45, 2.75) is 19.8 Å². The van der Waals surface area contributed by atoms with Crippen molar-refractivity contribution in [3.63, 3.8) is 0 Å². The third-order valence-electron chi connectivity index (χ3n) is 2.57. The fraction of sp³-hybridized carbons (Fsp3) is 0.385. The smallest absolute Gasteiger partial charge is 0.0345 e. The largest absolute Gasteiger partial charge is 0.320 e. The number of hydrogen-bond donors (Lipinski definition) is 1. The van der Waals surface area contributed by atoms with Gasteiger partial charge in [-0.3, -0.25) is 0 Å². The third-order valence-corrected chi connectivity index (χ3v) is 3.75. The second kappa shape index (κ2) is 4.77. The van der Waals surface area contributed by atoms with Gasteiger partial charge >= 0.3 is 0 Å². The molecule has 0 aliphatic carbocycles. The highest BCUT2D eigenvalue weighted by molar-refractivity contribution is 7.19. The van der Waals surface area contributed by atoms with E-state index in [0.29, 0.717) is 0 Å². The standard InChI is InChI=1S/C13H17NS/c1-10-5-6-13-11(8-10)9-12(15-13)4-3-7-14-2/h5-6,8-9,14H,3-4,7H2,1-2H3. The fourth-order valence-corrected chi connectivity index (χ4v) is 2.87. The van der Waals surface area contributed by atoms with E-state index in [4.69, 9.17) is 0 Å². The molecular formula is C13H17NS. The third kappa shape index (κ3) is 2.58. The van der Waals surface area contributed by atoms with Gasteiger partial charge in [-0.05, 0) is 50.9 Å². The molecule has 1 N–H and O–H groups in total. The van der Waals surface area contributed by atoms with Crippen molar-refractivity contribution in [2.24, 2.45) is 0 Å². The number of aryl methyl sites for hydroxylation is 2. The Bertz CT molecular complexity index is 445. The highest BCUT2D eigenvalue weighted by Crippen LogP contribution is 2.27. The lowest BCUT2D eigenvalue weighted by molar-refractivity contribution is 0.729. The molecule has 1 aromatic heterocycles. The van der Waals surface area contributed by atoms with Gasteiger partial charge < -0.3 is 5.32 Å². The first-order chi connectivity index (χ1) is 7.29. The van der Waals surface area contributed by atoms with Crippen LogP contribution in [0.15, 0.2) is 24.3 Å². The van der Waals surface area contributed by atoms with Crippen molar-refractivity contribution in [2.75, 3.05) is 13.6 Å². The molecule has 80 valence electrons. The molecule has 0 saturated carbocycles. The van der Waals surface area contributed by atoms with Crippen LogP contribution in [0.25, 0.3) is 10.1 Å². The maximum Gasteiger partial charge on any atom is 0.0345 e. The minimum atomic E-state index is 1.10. The Morgan fingerprint density at radius 3 is 2.93 bits per heavy atom. The zero-order chi connectivity index (χ0) is 10.7. The molecule has 0 unspecified atom stereocenters. The Balaban J connectivity index is 2.16. The Morgan fingerprint density at radius 2 is 2.13 bits per heavy atom. The summed E-state index contributed by atoms with van der Waals surface area (Å²) in [5, 5.41) is 4.59. The summed E-state index contributed by atoms with van der Waals surface area (Å²) in [6, 6.07) is 9.03. The molecule has 15 heavy (non-hydrogen) atoms. The van der Waals surface area contributed by atoms with Crippen LogP contribution in [0.5, 0.6) is 0 Å². The van der Waals surface area contributed by atoms with Crippen LogP contribution in [-0.2, 0) is 6.42 Å². The lowest BCUT2D eigenvalue weighted by Crippen LogP contribution is -2.07. The van der Waals surface area contributed by atoms with Gasteiger partial charge in [0, 0.05) is 9.58 Å². The predicted molar refractivity (Wildman–Crippen MR) is 68.8 cm³/mol. The van der Waals surface area contributed by atoms with Crippen LogP contribution < -0.4 is 5.32 Å². The summed E-state index contributed by atoms with van der Waals surface area (Å²) >= 11 is 1.93. The first-order valence-electron chi connectivity index (χ1n) is 5.43. The number of rotatable bonds is 4. The summed E-state index contributed by atoms with van der Waals surface area (Å²) in [4.78, 5) is 1.51. The maximum absolute atomic E-state index is 3.19. The van der Waals surface area contributed by atoms with E-state index in [1.54, 1.807) is 0 Å². The maximum atomic E-state index is 3.19. The number of benzene rings is 1. The Hall–Kier alpha value is -0.860. The Labute approximate surface area is 95.1 Å². The molecule has 0 bridgehead atoms. The van der Waals surface area contributed by atoms with E-state index in [2.05, 4.69) is 36.5 Å². The Morgan fingerprint density at radius 1 is 1.27 bits per heavy atom. The predicted octanol–water partition coefficient (Wildman–Crippen LogP) is 3.36. The van der Waals surface area contributed by atoms with Crippen LogP contribution in [0.1, 0.15) is 16.9 Å². The van der Waals surface area contributed by atoms with Crippen LogP contribution in [0.3, 0.4) is 0 Å². The summed E-state index contributed by atoms with van der Waals surface area (Å²) in [5.41, 5.74) is 1.35. The van der Waals surface area contributed by atoms with E-state index in [1.807, 2.05) is 18.4 Å². The van der Waals surface area contributed by atoms with E-state index in [9.17, 15) is 0 Å². The molecule has 0 spiro atoms. The van der Waals surface area contributed by atoms with Crippen LogP contribution >= 0.6 is 11.3 Å². The van der Waals surface area contributed by atoms with Gasteiger partial charge in [-0.1, -0.05) is 17.7 Å². The second-order valence-electron chi connectivity index (χ2n) is 3.96. The second-order valence-corrected chi connectivity index (χ2v) is 5.13. The molecule has 1 nitrogen and oxygen atoms in total. The molecule has 0 fully saturated rings. The normalized spacial score (nSPS) is 11.1. The topological polar surface area (TPSA) is 12.0 Å². The van der Waals surface area contributed by atoms with Crippen LogP contribution in [0, 0.1) is 6.92 Å². The molecule has 0 radical (unpaired) electrons. The molecule has 2 rings (SSSR count). The minimum absolute atomic E-state index is 1.10. The van der Waals surface area contributed by atoms with E-state index < -0.39 is 0 Å². The number of nitrogens with one attached hydrogen (secondary N) is 1. The summed E-state index contributed by atoms with van der Waals surface area (Å²) in [6.07, 6.45) is 2.42. The van der Waals surface area contributed by atoms with Crippen LogP contribution in [-0.4, -0.2) is 13.6 Å². The van der Waals surface area contributed by atoms with E-state index in [0.717, 1.165) is 6.54 Å². The van der Waals surface area contributed by atoms with Crippen molar-refractivity contribution in [3.8, 4) is 0 Å². The van der Waals surface area contributed by atoms with Gasteiger partial charge in [0.1, 0.15) is 0 Å². The van der Waals surface area contributed by atoms with Gasteiger partial charge in [0.15, 0.2) is 0 Å². The van der Waals surface area contributed by atoms with Gasteiger partial charge in [-0.2, -0.15) is 0 Å². The number of thiophene rings is 1. The summed E-state index contributed by atoms with van der Waals surface area (Å²) in [7, 11) is 2.01. The van der Waals surface area contributed by atoms with Crippen LogP contribution in [0.2, 0.25) is 0 Å². The van der Waals surface area contributed by atoms with Crippen molar-refractivity contribution in [1.82, 2.24) is 5.32 Å². The molecule has 1 heterocycles. The molecule has 0 saturated heterocycles. The molecule has 0 amide bonds. The van der Waals surface area contributed by atoms with Gasteiger partial charge in [0.05, 0.1) is 0 Å². The number of fused-ring (bicyclic) bond motifs is 1. The number of hydrogen-bond acceptors (Lipinski definition) is 2. The van der Waals surface area contributed by atoms with Gasteiger partial charge in [-0.25, -0.2) is 0 Å². The lowest BCUT2D eigenvalue weighted by atomic mass is 10.1. The highest BCUT2D eigenvalue weighted by atomic mass is 32.1. The van der Waals surface area contributed by atoms with Gasteiger partial charge in [0.2, 0.25) is 0 Å². The summed E-state index contributed by atoms with van der Waals surface area (Å²) in [5.74, 6) is 0. The Kier molecular flexibility index (Phi) is 3.39. The lowest BCUT2D eigenvalue weighted by Gasteiger charge is -1.95. The highest BCUT2D eigenvalue weighted by Gasteiger charge is 2.01. The minimum Gasteiger partial charge on any atom is -0.320 e. The van der Waals surface area contributed by atoms with E-state index in [1.165, 1.54) is 33.4 Å². The zero-order valence-corrected chi connectivity index (χ0v) is 10.2. The van der Waals surface area contributed by atoms with Crippen molar-refractivity contribution >= 4 is 21.4 Å². The zero-order valence-electron chi connectivity index (χ0n) is 9.34. The molecule has 2 heteroatoms. The average Bonchev–Trinajstić information content (AvgIpc) is 2.60. The molecule has 0 aliphatic heterocycles. The molecule has 1 aromatic carbocycles. The van der Waals surface area contributed by atoms with E-state index in [-0.39, 0.29) is 0 Å². The monoisotopic (exact) mass is 219 g/mol. The van der Waals surface area contributed by atoms with Crippen LogP contribution in [0.4, 0.5) is 0 Å². The van der Waals surface area contributed by atoms with Crippen molar-refractivity contribution in [3.05, 3.63) is 34.7 Å². The summed E-state index contributed by atoms with van der Waals surface area (Å²) < 4.78 is 1.42. The first-order valence-corrected chi connectivity index (χ1v) is 6.25. The molecule has 0 atom stereocenters. The van der Waals surface area contributed by atoms with Crippen molar-refractivity contribution < 1.29 is 0 Å². The van der Waals surface area contributed by atoms with Gasteiger partial charge in [-0.15, -0.1) is 11.3 Å². The summed E-state index contributed by atoms with van der Waals surface area (Å²) in [6.45, 7) is 3.26. The van der Waals surface area contributed by atoms with Crippen molar-refractivity contribution in [1.29, 1.82) is 0 Å². The van der Waals surface area contributed by atoms with Gasteiger partial charge in [0.25, 0.3) is 0 Å². The SMILES string of the molecule is CNCCCc1cc2cc(C)ccc2s1. The van der Waals surface area contributed by atoms with E-state index >= 15 is 0 Å². The average molecular weight is 219 g/mol. The fourth-order valence-electron chi connectivity index (χ4n) is 1.78. The molecule has 2 aromatic rings. The first kappa shape index (κ1) is 10.7.